The Labute approximate surface area is 364 Å². The molecule has 4 atom stereocenters. The van der Waals surface area contributed by atoms with Crippen molar-refractivity contribution in [2.75, 3.05) is 0 Å². The van der Waals surface area contributed by atoms with Gasteiger partial charge in [-0.25, -0.2) is 0 Å². The zero-order valence-corrected chi connectivity index (χ0v) is 35.5. The molecule has 1 aliphatic heterocycles. The van der Waals surface area contributed by atoms with E-state index in [2.05, 4.69) is 196 Å². The molecule has 0 bridgehead atoms. The predicted octanol–water partition coefficient (Wildman–Crippen LogP) is 13.5. The quantitative estimate of drug-likeness (QED) is 0.167. The smallest absolute Gasteiger partial charge is 0.197 e. The lowest BCUT2D eigenvalue weighted by atomic mass is 9.46. The van der Waals surface area contributed by atoms with Crippen LogP contribution in [0.3, 0.4) is 0 Å². The van der Waals surface area contributed by atoms with Gasteiger partial charge in [-0.1, -0.05) is 159 Å². The van der Waals surface area contributed by atoms with Crippen LogP contribution in [0.1, 0.15) is 61.3 Å². The van der Waals surface area contributed by atoms with Crippen LogP contribution >= 0.6 is 0 Å². The Morgan fingerprint density at radius 3 is 1.33 bits per heavy atom. The third-order valence-electron chi connectivity index (χ3n) is 15.8. The molecule has 3 nitrogen and oxygen atoms in total. The van der Waals surface area contributed by atoms with E-state index in [1.165, 1.54) is 43.8 Å². The van der Waals surface area contributed by atoms with E-state index in [4.69, 9.17) is 0 Å². The topological polar surface area (TPSA) is 38.5 Å². The summed E-state index contributed by atoms with van der Waals surface area (Å²) in [5, 5.41) is 8.04. The van der Waals surface area contributed by atoms with Crippen LogP contribution in [0.2, 0.25) is 0 Å². The number of nitrogens with zero attached hydrogens (tertiary/aromatic N) is 1. The number of fused-ring (bicyclic) bond motifs is 3. The van der Waals surface area contributed by atoms with Crippen molar-refractivity contribution in [1.82, 2.24) is 4.40 Å². The molecule has 0 N–H and O–H groups in total. The largest absolute Gasteiger partial charge is 0.312 e. The van der Waals surface area contributed by atoms with E-state index in [-0.39, 0.29) is 22.7 Å². The fourth-order valence-corrected chi connectivity index (χ4v) is 13.4. The van der Waals surface area contributed by atoms with Gasteiger partial charge in [0.2, 0.25) is 0 Å². The van der Waals surface area contributed by atoms with Crippen LogP contribution in [0.5, 0.6) is 0 Å². The fraction of sp³-hybridized carbons (Fsp3) is 0.133. The van der Waals surface area contributed by atoms with Crippen LogP contribution in [0.25, 0.3) is 83.0 Å². The van der Waals surface area contributed by atoms with Crippen LogP contribution in [-0.4, -0.2) is 4.40 Å². The monoisotopic (exact) mass is 807 g/mol. The molecule has 9 aromatic rings. The molecule has 63 heavy (non-hydrogen) atoms. The summed E-state index contributed by atoms with van der Waals surface area (Å²) >= 11 is 0. The molecule has 3 heteroatoms. The van der Waals surface area contributed by atoms with Gasteiger partial charge in [0.1, 0.15) is 0 Å². The summed E-state index contributed by atoms with van der Waals surface area (Å²) in [6.45, 7) is 9.51. The van der Waals surface area contributed by atoms with Gasteiger partial charge in [-0.2, -0.15) is 0 Å². The highest BCUT2D eigenvalue weighted by molar-refractivity contribution is 6.13. The first kappa shape index (κ1) is 35.3. The van der Waals surface area contributed by atoms with Crippen molar-refractivity contribution in [3.8, 4) is 11.1 Å². The summed E-state index contributed by atoms with van der Waals surface area (Å²) in [5.74, 6) is 0.251. The van der Waals surface area contributed by atoms with Crippen LogP contribution in [0, 0.1) is 11.8 Å². The first-order chi connectivity index (χ1) is 30.7. The Balaban J connectivity index is 1.22. The van der Waals surface area contributed by atoms with Crippen LogP contribution in [-0.2, 0) is 10.8 Å². The number of rotatable bonds is 3. The molecule has 298 valence electrons. The SMILES string of the molecule is CC1C=C2C(c3cccc4ccccc34)=Cc3c4n5c6c(c(=O)c7cc(-c8cccc9ccccc89)cc(c3=O)c75)C=C(c3cccc5ccccc35)C3=CC(C)C1=C(C24C)C36C. The van der Waals surface area contributed by atoms with Crippen molar-refractivity contribution in [2.45, 2.75) is 38.5 Å². The molecule has 0 fully saturated rings. The van der Waals surface area contributed by atoms with Gasteiger partial charge in [-0.3, -0.25) is 9.59 Å². The average molecular weight is 808 g/mol. The molecule has 5 aliphatic rings. The Kier molecular flexibility index (Phi) is 6.58. The number of aromatic nitrogens is 1. The highest BCUT2D eigenvalue weighted by Gasteiger charge is 2.61. The lowest BCUT2D eigenvalue weighted by Gasteiger charge is -2.59. The third-order valence-corrected chi connectivity index (χ3v) is 15.8. The van der Waals surface area contributed by atoms with Gasteiger partial charge < -0.3 is 4.40 Å². The standard InChI is InChI=1S/C60H41NO2/c1-32-26-50-44(42-24-12-18-35-15-6-9-21-39(35)42)30-48-54(62)46-28-37(41-23-11-17-34-14-5-8-20-38(34)41)29-47-53(46)61-57(48)59(50,3)56-52(32)33(2)27-51-45(31-49(55(47)63)58(61)60(51,56)4)43-25-13-19-36-16-7-10-22-40(36)43/h5-33H,1-4H3. The van der Waals surface area contributed by atoms with E-state index in [0.29, 0.717) is 21.9 Å². The minimum absolute atomic E-state index is 0.0266. The minimum Gasteiger partial charge on any atom is -0.312 e. The zero-order valence-electron chi connectivity index (χ0n) is 35.5. The van der Waals surface area contributed by atoms with E-state index in [9.17, 15) is 0 Å². The molecule has 3 heterocycles. The van der Waals surface area contributed by atoms with Crippen molar-refractivity contribution in [3.63, 3.8) is 0 Å². The zero-order chi connectivity index (χ0) is 42.3. The second-order valence-electron chi connectivity index (χ2n) is 19.0. The highest BCUT2D eigenvalue weighted by atomic mass is 16.1. The average Bonchev–Trinajstić information content (AvgIpc) is 3.30. The number of pyridine rings is 2. The Bertz CT molecular complexity index is 3740. The van der Waals surface area contributed by atoms with Gasteiger partial charge >= 0.3 is 0 Å². The van der Waals surface area contributed by atoms with E-state index in [1.54, 1.807) is 0 Å². The number of hydrogen-bond acceptors (Lipinski definition) is 2. The van der Waals surface area contributed by atoms with Crippen LogP contribution < -0.4 is 10.9 Å². The molecular weight excluding hydrogens is 767 g/mol. The van der Waals surface area contributed by atoms with Gasteiger partial charge in [0.25, 0.3) is 0 Å². The molecule has 14 rings (SSSR count). The number of hydrogen-bond donors (Lipinski definition) is 0. The minimum atomic E-state index is -0.699. The van der Waals surface area contributed by atoms with Gasteiger partial charge in [-0.05, 0) is 132 Å². The molecule has 4 unspecified atom stereocenters. The van der Waals surface area contributed by atoms with Gasteiger partial charge in [0, 0.05) is 33.3 Å². The summed E-state index contributed by atoms with van der Waals surface area (Å²) in [6, 6.07) is 49.2. The molecule has 0 amide bonds. The maximum atomic E-state index is 15.9. The summed E-state index contributed by atoms with van der Waals surface area (Å²) in [7, 11) is 0. The van der Waals surface area contributed by atoms with Crippen molar-refractivity contribution in [3.05, 3.63) is 228 Å². The Morgan fingerprint density at radius 2 is 0.873 bits per heavy atom. The van der Waals surface area contributed by atoms with Crippen molar-refractivity contribution >= 4 is 71.9 Å². The van der Waals surface area contributed by atoms with Crippen LogP contribution in [0.4, 0.5) is 0 Å². The lowest BCUT2D eigenvalue weighted by Crippen LogP contribution is -2.55. The molecule has 0 saturated heterocycles. The highest BCUT2D eigenvalue weighted by Crippen LogP contribution is 2.68. The summed E-state index contributed by atoms with van der Waals surface area (Å²) < 4.78 is 2.42. The van der Waals surface area contributed by atoms with E-state index in [1.807, 2.05) is 0 Å². The summed E-state index contributed by atoms with van der Waals surface area (Å²) in [6.07, 6.45) is 9.44. The second kappa shape index (κ2) is 11.8. The molecule has 7 aromatic carbocycles. The van der Waals surface area contributed by atoms with E-state index in [0.717, 1.165) is 61.1 Å². The van der Waals surface area contributed by atoms with Gasteiger partial charge in [0.05, 0.1) is 16.3 Å². The molecule has 0 radical (unpaired) electrons. The Hall–Kier alpha value is -7.36. The molecule has 0 spiro atoms. The Morgan fingerprint density at radius 1 is 0.476 bits per heavy atom. The first-order valence-electron chi connectivity index (χ1n) is 22.3. The van der Waals surface area contributed by atoms with Crippen molar-refractivity contribution < 1.29 is 0 Å². The van der Waals surface area contributed by atoms with E-state index < -0.39 is 10.8 Å². The molecular formula is C60H41NO2. The van der Waals surface area contributed by atoms with Crippen LogP contribution in [0.15, 0.2) is 184 Å². The summed E-state index contributed by atoms with van der Waals surface area (Å²) in [5.41, 5.74) is 14.2. The van der Waals surface area contributed by atoms with Crippen molar-refractivity contribution in [1.29, 1.82) is 0 Å². The van der Waals surface area contributed by atoms with Crippen molar-refractivity contribution in [2.24, 2.45) is 11.8 Å². The maximum absolute atomic E-state index is 15.9. The van der Waals surface area contributed by atoms with Gasteiger partial charge in [-0.15, -0.1) is 0 Å². The van der Waals surface area contributed by atoms with E-state index >= 15 is 9.59 Å². The normalized spacial score (nSPS) is 22.9. The lowest BCUT2D eigenvalue weighted by molar-refractivity contribution is 0.416. The first-order valence-corrected chi connectivity index (χ1v) is 22.3. The third kappa shape index (κ3) is 4.12. The fourth-order valence-electron chi connectivity index (χ4n) is 13.4. The number of allylic oxidation sites excluding steroid dienone is 8. The predicted molar refractivity (Wildman–Crippen MR) is 261 cm³/mol. The maximum Gasteiger partial charge on any atom is 0.197 e. The molecule has 4 aliphatic carbocycles. The summed E-state index contributed by atoms with van der Waals surface area (Å²) in [4.78, 5) is 31.8. The second-order valence-corrected chi connectivity index (χ2v) is 19.0. The van der Waals surface area contributed by atoms with Gasteiger partial charge in [0.15, 0.2) is 10.9 Å². The number of benzene rings is 7. The molecule has 0 saturated carbocycles. The molecule has 2 aromatic heterocycles.